The van der Waals surface area contributed by atoms with Gasteiger partial charge in [-0.25, -0.2) is 9.37 Å². The molecule has 1 atom stereocenters. The molecule has 102 valence electrons. The van der Waals surface area contributed by atoms with Gasteiger partial charge < -0.3 is 9.84 Å². The van der Waals surface area contributed by atoms with Gasteiger partial charge in [0.15, 0.2) is 11.6 Å². The number of nitrogens with zero attached hydrogens (tertiary/aromatic N) is 1. The maximum atomic E-state index is 13.7. The fraction of sp³-hybridized carbons (Fsp3) is 0.357. The number of benzene rings is 1. The molecule has 0 radical (unpaired) electrons. The topological polar surface area (TPSA) is 42.4 Å². The zero-order valence-electron chi connectivity index (χ0n) is 10.9. The van der Waals surface area contributed by atoms with Gasteiger partial charge in [0.2, 0.25) is 0 Å². The average Bonchev–Trinajstić information content (AvgIpc) is 2.85. The fourth-order valence-corrected chi connectivity index (χ4v) is 2.35. The Morgan fingerprint density at radius 2 is 2.26 bits per heavy atom. The normalized spacial score (nSPS) is 12.4. The highest BCUT2D eigenvalue weighted by molar-refractivity contribution is 7.09. The lowest BCUT2D eigenvalue weighted by Crippen LogP contribution is -1.99. The van der Waals surface area contributed by atoms with Crippen molar-refractivity contribution < 1.29 is 14.2 Å². The summed E-state index contributed by atoms with van der Waals surface area (Å²) < 4.78 is 19.1. The third kappa shape index (κ3) is 3.52. The summed E-state index contributed by atoms with van der Waals surface area (Å²) in [6.07, 6.45) is 0.205. The van der Waals surface area contributed by atoms with Crippen LogP contribution in [0.25, 0.3) is 0 Å². The van der Waals surface area contributed by atoms with Crippen LogP contribution in [-0.4, -0.2) is 10.1 Å². The van der Waals surface area contributed by atoms with E-state index in [1.165, 1.54) is 12.1 Å². The SMILES string of the molecule is CCc1nc(COc2ccc([C@H](C)O)cc2F)cs1. The number of hydrogen-bond donors (Lipinski definition) is 1. The molecule has 0 aliphatic rings. The van der Waals surface area contributed by atoms with Gasteiger partial charge in [0, 0.05) is 5.38 Å². The van der Waals surface area contributed by atoms with Crippen LogP contribution >= 0.6 is 11.3 Å². The third-order valence-electron chi connectivity index (χ3n) is 2.72. The van der Waals surface area contributed by atoms with Gasteiger partial charge in [0.05, 0.1) is 16.8 Å². The van der Waals surface area contributed by atoms with Gasteiger partial charge >= 0.3 is 0 Å². The summed E-state index contributed by atoms with van der Waals surface area (Å²) in [6.45, 7) is 3.89. The molecule has 0 unspecified atom stereocenters. The number of aryl methyl sites for hydroxylation is 1. The molecule has 19 heavy (non-hydrogen) atoms. The molecule has 0 amide bonds. The minimum atomic E-state index is -0.686. The molecular weight excluding hydrogens is 265 g/mol. The Balaban J connectivity index is 2.03. The van der Waals surface area contributed by atoms with Crippen molar-refractivity contribution in [2.45, 2.75) is 33.0 Å². The van der Waals surface area contributed by atoms with Crippen molar-refractivity contribution in [3.05, 3.63) is 45.7 Å². The van der Waals surface area contributed by atoms with Crippen LogP contribution in [0.5, 0.6) is 5.75 Å². The van der Waals surface area contributed by atoms with Crippen molar-refractivity contribution in [3.8, 4) is 5.75 Å². The van der Waals surface area contributed by atoms with Crippen molar-refractivity contribution in [3.63, 3.8) is 0 Å². The number of thiazole rings is 1. The average molecular weight is 281 g/mol. The minimum absolute atomic E-state index is 0.176. The van der Waals surface area contributed by atoms with Gasteiger partial charge in [-0.15, -0.1) is 11.3 Å². The molecule has 0 aliphatic heterocycles. The number of aromatic nitrogens is 1. The van der Waals surface area contributed by atoms with Crippen LogP contribution in [0.1, 0.15) is 36.2 Å². The number of ether oxygens (including phenoxy) is 1. The summed E-state index contributed by atoms with van der Waals surface area (Å²) in [5.41, 5.74) is 1.34. The third-order valence-corrected chi connectivity index (χ3v) is 3.76. The van der Waals surface area contributed by atoms with Gasteiger partial charge in [-0.3, -0.25) is 0 Å². The molecular formula is C14H16FNO2S. The molecule has 0 saturated heterocycles. The molecule has 1 aromatic carbocycles. The Kier molecular flexibility index (Phi) is 4.50. The second-order valence-electron chi connectivity index (χ2n) is 4.24. The number of rotatable bonds is 5. The Labute approximate surface area is 115 Å². The number of aliphatic hydroxyl groups excluding tert-OH is 1. The second-order valence-corrected chi connectivity index (χ2v) is 5.18. The molecule has 0 aliphatic carbocycles. The van der Waals surface area contributed by atoms with Gasteiger partial charge in [-0.1, -0.05) is 13.0 Å². The highest BCUT2D eigenvalue weighted by Gasteiger charge is 2.09. The first-order chi connectivity index (χ1) is 9.10. The first-order valence-electron chi connectivity index (χ1n) is 6.13. The highest BCUT2D eigenvalue weighted by atomic mass is 32.1. The predicted molar refractivity (Wildman–Crippen MR) is 72.9 cm³/mol. The molecule has 0 spiro atoms. The van der Waals surface area contributed by atoms with E-state index in [-0.39, 0.29) is 12.4 Å². The molecule has 0 saturated carbocycles. The molecule has 3 nitrogen and oxygen atoms in total. The van der Waals surface area contributed by atoms with Crippen molar-refractivity contribution in [2.24, 2.45) is 0 Å². The van der Waals surface area contributed by atoms with Crippen molar-refractivity contribution in [2.75, 3.05) is 0 Å². The van der Waals surface area contributed by atoms with E-state index in [1.807, 2.05) is 12.3 Å². The molecule has 1 heterocycles. The quantitative estimate of drug-likeness (QED) is 0.912. The summed E-state index contributed by atoms with van der Waals surface area (Å²) in [7, 11) is 0. The van der Waals surface area contributed by atoms with Gasteiger partial charge in [-0.05, 0) is 31.0 Å². The van der Waals surface area contributed by atoms with Crippen molar-refractivity contribution >= 4 is 11.3 Å². The second kappa shape index (κ2) is 6.12. The van der Waals surface area contributed by atoms with Crippen LogP contribution in [0.4, 0.5) is 4.39 Å². The maximum absolute atomic E-state index is 13.7. The van der Waals surface area contributed by atoms with Crippen LogP contribution < -0.4 is 4.74 Å². The molecule has 0 bridgehead atoms. The lowest BCUT2D eigenvalue weighted by molar-refractivity contribution is 0.198. The molecule has 0 fully saturated rings. The summed E-state index contributed by atoms with van der Waals surface area (Å²) in [5.74, 6) is -0.292. The van der Waals surface area contributed by atoms with Crippen LogP contribution in [-0.2, 0) is 13.0 Å². The zero-order valence-corrected chi connectivity index (χ0v) is 11.7. The summed E-state index contributed by atoms with van der Waals surface area (Å²) >= 11 is 1.58. The Morgan fingerprint density at radius 3 is 2.84 bits per heavy atom. The van der Waals surface area contributed by atoms with E-state index in [0.29, 0.717) is 5.56 Å². The first kappa shape index (κ1) is 14.0. The van der Waals surface area contributed by atoms with Crippen molar-refractivity contribution in [1.29, 1.82) is 0 Å². The van der Waals surface area contributed by atoms with E-state index in [0.717, 1.165) is 17.1 Å². The largest absolute Gasteiger partial charge is 0.484 e. The maximum Gasteiger partial charge on any atom is 0.165 e. The summed E-state index contributed by atoms with van der Waals surface area (Å²) in [5, 5.41) is 12.3. The lowest BCUT2D eigenvalue weighted by atomic mass is 10.1. The summed E-state index contributed by atoms with van der Waals surface area (Å²) in [6, 6.07) is 4.48. The fourth-order valence-electron chi connectivity index (χ4n) is 1.62. The van der Waals surface area contributed by atoms with E-state index < -0.39 is 11.9 Å². The van der Waals surface area contributed by atoms with Crippen LogP contribution in [0.3, 0.4) is 0 Å². The van der Waals surface area contributed by atoms with E-state index >= 15 is 0 Å². The van der Waals surface area contributed by atoms with E-state index in [1.54, 1.807) is 24.3 Å². The minimum Gasteiger partial charge on any atom is -0.484 e. The van der Waals surface area contributed by atoms with Crippen LogP contribution in [0, 0.1) is 5.82 Å². The van der Waals surface area contributed by atoms with Gasteiger partial charge in [0.25, 0.3) is 0 Å². The van der Waals surface area contributed by atoms with E-state index in [4.69, 9.17) is 4.74 Å². The number of aliphatic hydroxyl groups is 1. The first-order valence-corrected chi connectivity index (χ1v) is 7.01. The predicted octanol–water partition coefficient (Wildman–Crippen LogP) is 3.48. The zero-order chi connectivity index (χ0) is 13.8. The Morgan fingerprint density at radius 1 is 1.47 bits per heavy atom. The standard InChI is InChI=1S/C14H16FNO2S/c1-3-14-16-11(8-19-14)7-18-13-5-4-10(9(2)17)6-12(13)15/h4-6,8-9,17H,3,7H2,1-2H3/t9-/m0/s1. The van der Waals surface area contributed by atoms with E-state index in [2.05, 4.69) is 4.98 Å². The van der Waals surface area contributed by atoms with E-state index in [9.17, 15) is 9.50 Å². The molecule has 1 N–H and O–H groups in total. The van der Waals surface area contributed by atoms with Gasteiger partial charge in [0.1, 0.15) is 6.61 Å². The Bertz CT molecular complexity index is 554. The smallest absolute Gasteiger partial charge is 0.165 e. The molecule has 2 rings (SSSR count). The van der Waals surface area contributed by atoms with Crippen LogP contribution in [0.2, 0.25) is 0 Å². The lowest BCUT2D eigenvalue weighted by Gasteiger charge is -2.09. The number of hydrogen-bond acceptors (Lipinski definition) is 4. The summed E-state index contributed by atoms with van der Waals surface area (Å²) in [4.78, 5) is 4.35. The van der Waals surface area contributed by atoms with Crippen LogP contribution in [0.15, 0.2) is 23.6 Å². The Hall–Kier alpha value is -1.46. The molecule has 2 aromatic rings. The number of halogens is 1. The highest BCUT2D eigenvalue weighted by Crippen LogP contribution is 2.23. The van der Waals surface area contributed by atoms with Gasteiger partial charge in [-0.2, -0.15) is 0 Å². The molecule has 1 aromatic heterocycles. The monoisotopic (exact) mass is 281 g/mol. The molecule has 5 heteroatoms. The van der Waals surface area contributed by atoms with Crippen molar-refractivity contribution in [1.82, 2.24) is 4.98 Å².